The smallest absolute Gasteiger partial charge is 0.282 e. The van der Waals surface area contributed by atoms with Crippen LogP contribution in [0.25, 0.3) is 0 Å². The normalized spacial score (nSPS) is 12.6. The summed E-state index contributed by atoms with van der Waals surface area (Å²) in [6.07, 6.45) is -6.53. The van der Waals surface area contributed by atoms with Gasteiger partial charge in [0.2, 0.25) is 5.13 Å². The molecule has 0 atom stereocenters. The first kappa shape index (κ1) is 20.5. The van der Waals surface area contributed by atoms with Gasteiger partial charge in [0.05, 0.1) is 0 Å². The topological polar surface area (TPSA) is 84.0 Å². The number of nitrogens with one attached hydrogen (secondary N) is 2. The van der Waals surface area contributed by atoms with Gasteiger partial charge in [0.25, 0.3) is 5.91 Å². The van der Waals surface area contributed by atoms with Crippen molar-refractivity contribution >= 4 is 28.4 Å². The van der Waals surface area contributed by atoms with Crippen LogP contribution in [0.1, 0.15) is 15.4 Å². The highest BCUT2D eigenvalue weighted by atomic mass is 32.1. The zero-order valence-corrected chi connectivity index (χ0v) is 13.5. The van der Waals surface area contributed by atoms with Crippen molar-refractivity contribution in [3.8, 4) is 0 Å². The molecule has 0 bridgehead atoms. The van der Waals surface area contributed by atoms with Crippen molar-refractivity contribution in [2.75, 3.05) is 5.32 Å². The van der Waals surface area contributed by atoms with Gasteiger partial charge in [-0.05, 0) is 12.1 Å². The van der Waals surface area contributed by atoms with E-state index in [1.165, 1.54) is 24.3 Å². The van der Waals surface area contributed by atoms with E-state index in [4.69, 9.17) is 0 Å². The maximum Gasteiger partial charge on any atom is 0.460 e. The van der Waals surface area contributed by atoms with E-state index in [9.17, 15) is 40.3 Å². The third kappa shape index (κ3) is 4.15. The van der Waals surface area contributed by atoms with Gasteiger partial charge in [-0.3, -0.25) is 15.4 Å². The summed E-state index contributed by atoms with van der Waals surface area (Å²) in [6, 6.07) is 6.00. The van der Waals surface area contributed by atoms with E-state index in [0.29, 0.717) is 0 Å². The number of benzene rings is 1. The van der Waals surface area contributed by atoms with Gasteiger partial charge in [0.15, 0.2) is 5.01 Å². The summed E-state index contributed by atoms with van der Waals surface area (Å²) >= 11 is -0.401. The Morgan fingerprint density at radius 1 is 0.926 bits per heavy atom. The standard InChI is InChI=1S/C13H7F7N4O2S/c14-11(15,12(16,17)13(18,19)20)8-23-24-10(27-8)22-9(26)21-7(25)6-4-2-1-3-5-6/h1-5H,(H2,21,22,24,25,26). The van der Waals surface area contributed by atoms with Crippen LogP contribution in [0.5, 0.6) is 0 Å². The fourth-order valence-corrected chi connectivity index (χ4v) is 2.35. The maximum atomic E-state index is 13.5. The molecule has 2 rings (SSSR count). The van der Waals surface area contributed by atoms with Crippen LogP contribution in [0, 0.1) is 0 Å². The number of halogens is 7. The van der Waals surface area contributed by atoms with Crippen LogP contribution in [0.3, 0.4) is 0 Å². The first-order valence-electron chi connectivity index (χ1n) is 6.70. The van der Waals surface area contributed by atoms with Gasteiger partial charge in [-0.15, -0.1) is 10.2 Å². The lowest BCUT2D eigenvalue weighted by Crippen LogP contribution is -2.50. The van der Waals surface area contributed by atoms with E-state index in [-0.39, 0.29) is 5.56 Å². The average Bonchev–Trinajstić information content (AvgIpc) is 3.03. The highest BCUT2D eigenvalue weighted by molar-refractivity contribution is 7.15. The molecule has 3 amide bonds. The Balaban J connectivity index is 2.09. The molecule has 1 heterocycles. The number of alkyl halides is 7. The van der Waals surface area contributed by atoms with Crippen molar-refractivity contribution in [3.05, 3.63) is 40.9 Å². The highest BCUT2D eigenvalue weighted by Crippen LogP contribution is 2.52. The molecule has 1 aromatic heterocycles. The lowest BCUT2D eigenvalue weighted by atomic mass is 10.2. The highest BCUT2D eigenvalue weighted by Gasteiger charge is 2.75. The summed E-state index contributed by atoms with van der Waals surface area (Å²) in [4.78, 5) is 23.3. The van der Waals surface area contributed by atoms with Gasteiger partial charge in [-0.1, -0.05) is 29.5 Å². The molecule has 2 N–H and O–H groups in total. The Hall–Kier alpha value is -2.77. The molecule has 0 saturated heterocycles. The molecule has 0 fully saturated rings. The van der Waals surface area contributed by atoms with Crippen LogP contribution in [-0.4, -0.2) is 34.2 Å². The third-order valence-corrected chi connectivity index (χ3v) is 3.84. The minimum Gasteiger partial charge on any atom is -0.282 e. The van der Waals surface area contributed by atoms with Crippen LogP contribution in [-0.2, 0) is 5.92 Å². The SMILES string of the molecule is O=C(NC(=O)c1ccccc1)Nc1nnc(C(F)(F)C(F)(F)C(F)(F)F)s1. The van der Waals surface area contributed by atoms with Crippen molar-refractivity contribution in [1.29, 1.82) is 0 Å². The fourth-order valence-electron chi connectivity index (χ4n) is 1.61. The second-order valence-electron chi connectivity index (χ2n) is 4.83. The van der Waals surface area contributed by atoms with Gasteiger partial charge < -0.3 is 0 Å². The number of imide groups is 1. The molecule has 0 aliphatic rings. The number of hydrogen-bond donors (Lipinski definition) is 2. The van der Waals surface area contributed by atoms with E-state index in [2.05, 4.69) is 10.2 Å². The zero-order valence-electron chi connectivity index (χ0n) is 12.7. The third-order valence-electron chi connectivity index (χ3n) is 2.93. The largest absolute Gasteiger partial charge is 0.460 e. The number of nitrogens with zero attached hydrogens (tertiary/aromatic N) is 2. The minimum atomic E-state index is -6.53. The van der Waals surface area contributed by atoms with Crippen molar-refractivity contribution < 1.29 is 40.3 Å². The molecule has 6 nitrogen and oxygen atoms in total. The lowest BCUT2D eigenvalue weighted by molar-refractivity contribution is -0.359. The number of carbonyl (C=O) groups excluding carboxylic acids is 2. The first-order valence-corrected chi connectivity index (χ1v) is 7.51. The van der Waals surface area contributed by atoms with E-state index in [1.807, 2.05) is 0 Å². The van der Waals surface area contributed by atoms with Crippen molar-refractivity contribution in [2.24, 2.45) is 0 Å². The van der Waals surface area contributed by atoms with Gasteiger partial charge in [-0.25, -0.2) is 4.79 Å². The fraction of sp³-hybridized carbons (Fsp3) is 0.231. The summed E-state index contributed by atoms with van der Waals surface area (Å²) in [5, 5.41) is 6.21. The van der Waals surface area contributed by atoms with Gasteiger partial charge in [-0.2, -0.15) is 30.7 Å². The maximum absolute atomic E-state index is 13.5. The summed E-state index contributed by atoms with van der Waals surface area (Å²) in [5.41, 5.74) is 0.0713. The van der Waals surface area contributed by atoms with Crippen LogP contribution in [0.2, 0.25) is 0 Å². The van der Waals surface area contributed by atoms with Crippen LogP contribution < -0.4 is 10.6 Å². The Morgan fingerprint density at radius 2 is 1.52 bits per heavy atom. The van der Waals surface area contributed by atoms with E-state index in [0.717, 1.165) is 0 Å². The zero-order chi connectivity index (χ0) is 20.5. The van der Waals surface area contributed by atoms with E-state index in [1.54, 1.807) is 16.7 Å². The van der Waals surface area contributed by atoms with Crippen LogP contribution >= 0.6 is 11.3 Å². The quantitative estimate of drug-likeness (QED) is 0.743. The molecule has 146 valence electrons. The van der Waals surface area contributed by atoms with Gasteiger partial charge in [0.1, 0.15) is 0 Å². The van der Waals surface area contributed by atoms with Crippen molar-refractivity contribution in [1.82, 2.24) is 15.5 Å². The predicted molar refractivity (Wildman–Crippen MR) is 77.7 cm³/mol. The summed E-state index contributed by atoms with van der Waals surface area (Å²) in [5.74, 6) is -13.0. The number of amides is 3. The number of anilines is 1. The lowest BCUT2D eigenvalue weighted by Gasteiger charge is -2.25. The monoisotopic (exact) mass is 416 g/mol. The van der Waals surface area contributed by atoms with Gasteiger partial charge >= 0.3 is 24.1 Å². The molecule has 0 aliphatic heterocycles. The number of urea groups is 1. The number of carbonyl (C=O) groups is 2. The van der Waals surface area contributed by atoms with Crippen LogP contribution in [0.15, 0.2) is 30.3 Å². The Labute approximate surface area is 149 Å². The number of rotatable bonds is 4. The molecule has 0 aliphatic carbocycles. The average molecular weight is 416 g/mol. The van der Waals surface area contributed by atoms with E-state index >= 15 is 0 Å². The second-order valence-corrected chi connectivity index (χ2v) is 5.81. The Morgan fingerprint density at radius 3 is 2.07 bits per heavy atom. The molecule has 0 radical (unpaired) electrons. The van der Waals surface area contributed by atoms with E-state index < -0.39 is 51.4 Å². The molecule has 27 heavy (non-hydrogen) atoms. The number of aromatic nitrogens is 2. The van der Waals surface area contributed by atoms with Gasteiger partial charge in [0, 0.05) is 5.56 Å². The molecule has 0 unspecified atom stereocenters. The second kappa shape index (κ2) is 7.09. The molecule has 1 aromatic carbocycles. The molecular formula is C13H7F7N4O2S. The molecule has 0 spiro atoms. The molecule has 14 heteroatoms. The van der Waals surface area contributed by atoms with Crippen molar-refractivity contribution in [3.63, 3.8) is 0 Å². The Kier molecular flexibility index (Phi) is 5.40. The molecular weight excluding hydrogens is 409 g/mol. The van der Waals surface area contributed by atoms with Crippen LogP contribution in [0.4, 0.5) is 40.7 Å². The Bertz CT molecular complexity index is 839. The molecule has 0 saturated carbocycles. The predicted octanol–water partition coefficient (Wildman–Crippen LogP) is 3.79. The summed E-state index contributed by atoms with van der Waals surface area (Å²) in [6.45, 7) is 0. The molecule has 2 aromatic rings. The first-order chi connectivity index (χ1) is 12.4. The summed E-state index contributed by atoms with van der Waals surface area (Å²) < 4.78 is 89.3. The summed E-state index contributed by atoms with van der Waals surface area (Å²) in [7, 11) is 0. The minimum absolute atomic E-state index is 0.0713. The number of hydrogen-bond acceptors (Lipinski definition) is 5. The van der Waals surface area contributed by atoms with Crippen molar-refractivity contribution in [2.45, 2.75) is 18.0 Å².